The molecule has 11 rings (SSSR count). The Morgan fingerprint density at radius 1 is 0.302 bits per heavy atom. The largest absolute Gasteiger partial charge is 0.456 e. The molecule has 0 spiro atoms. The fourth-order valence-corrected chi connectivity index (χ4v) is 7.45. The molecule has 0 bridgehead atoms. The fourth-order valence-electron chi connectivity index (χ4n) is 7.45. The summed E-state index contributed by atoms with van der Waals surface area (Å²) in [5.41, 5.74) is 11.8. The van der Waals surface area contributed by atoms with E-state index in [0.717, 1.165) is 55.1 Å². The van der Waals surface area contributed by atoms with Gasteiger partial charge in [0.15, 0.2) is 0 Å². The second kappa shape index (κ2) is 13.6. The number of nitrogens with zero attached hydrogens (tertiary/aromatic N) is 1. The van der Waals surface area contributed by atoms with Crippen molar-refractivity contribution in [3.8, 4) is 27.9 Å². The standard InChI is InChI=1S/C42H25NO2.C6H6.C2H4/c1-4-13-37-31(10-1)32-11-2-5-14-38(32)43(37)30-18-21-42-36(25-30)35-24-29(17-20-41(35)45-42)27-9-7-8-26(22-27)28-16-19-40-34(23-28)33-12-3-6-15-39(33)44-40;1-2-4-6-5-3-1;1-2/h1-25H;1-6H;1-2H2. The molecule has 3 heterocycles. The van der Waals surface area contributed by atoms with E-state index < -0.39 is 0 Å². The van der Waals surface area contributed by atoms with Gasteiger partial charge in [0.25, 0.3) is 0 Å². The Balaban J connectivity index is 0.000000421. The van der Waals surface area contributed by atoms with E-state index in [1.54, 1.807) is 0 Å². The van der Waals surface area contributed by atoms with Crippen LogP contribution in [0.15, 0.2) is 210 Å². The number of fused-ring (bicyclic) bond motifs is 9. The van der Waals surface area contributed by atoms with Gasteiger partial charge in [-0.3, -0.25) is 0 Å². The molecule has 0 radical (unpaired) electrons. The van der Waals surface area contributed by atoms with Gasteiger partial charge < -0.3 is 13.4 Å². The van der Waals surface area contributed by atoms with Crippen LogP contribution >= 0.6 is 0 Å². The molecule has 53 heavy (non-hydrogen) atoms. The van der Waals surface area contributed by atoms with Gasteiger partial charge >= 0.3 is 0 Å². The van der Waals surface area contributed by atoms with E-state index in [2.05, 4.69) is 157 Å². The second-order valence-corrected chi connectivity index (χ2v) is 12.9. The summed E-state index contributed by atoms with van der Waals surface area (Å²) in [6.07, 6.45) is 0. The Kier molecular flexibility index (Phi) is 8.15. The van der Waals surface area contributed by atoms with Crippen molar-refractivity contribution in [1.29, 1.82) is 0 Å². The highest BCUT2D eigenvalue weighted by molar-refractivity contribution is 6.11. The van der Waals surface area contributed by atoms with Crippen LogP contribution in [0.4, 0.5) is 0 Å². The van der Waals surface area contributed by atoms with Gasteiger partial charge in [-0.05, 0) is 89.0 Å². The first-order chi connectivity index (χ1) is 26.3. The summed E-state index contributed by atoms with van der Waals surface area (Å²) in [4.78, 5) is 0. The van der Waals surface area contributed by atoms with Gasteiger partial charge in [-0.1, -0.05) is 121 Å². The van der Waals surface area contributed by atoms with Gasteiger partial charge in [-0.25, -0.2) is 0 Å². The predicted molar refractivity (Wildman–Crippen MR) is 224 cm³/mol. The first-order valence-electron chi connectivity index (χ1n) is 17.8. The first kappa shape index (κ1) is 31.9. The third-order valence-corrected chi connectivity index (χ3v) is 9.86. The number of hydrogen-bond acceptors (Lipinski definition) is 2. The van der Waals surface area contributed by atoms with Gasteiger partial charge in [-0.2, -0.15) is 0 Å². The molecule has 11 aromatic rings. The van der Waals surface area contributed by atoms with Crippen LogP contribution in [-0.2, 0) is 0 Å². The quantitative estimate of drug-likeness (QED) is 0.174. The molecule has 3 aromatic heterocycles. The van der Waals surface area contributed by atoms with Gasteiger partial charge in [0.1, 0.15) is 22.3 Å². The van der Waals surface area contributed by atoms with Crippen molar-refractivity contribution in [3.63, 3.8) is 0 Å². The SMILES string of the molecule is C=C.c1cc(-c2ccc3oc4ccccc4c3c2)cc(-c2ccc3oc4ccc(-n5c6ccccc6c6ccccc65)cc4c3c2)c1.c1ccccc1. The van der Waals surface area contributed by atoms with Crippen molar-refractivity contribution in [1.82, 2.24) is 4.57 Å². The Morgan fingerprint density at radius 2 is 0.717 bits per heavy atom. The van der Waals surface area contributed by atoms with Crippen LogP contribution in [0.5, 0.6) is 0 Å². The predicted octanol–water partition coefficient (Wildman–Crippen LogP) is 14.4. The Bertz CT molecular complexity index is 2970. The Morgan fingerprint density at radius 3 is 1.28 bits per heavy atom. The van der Waals surface area contributed by atoms with E-state index in [-0.39, 0.29) is 0 Å². The average molecular weight is 682 g/mol. The van der Waals surface area contributed by atoms with Crippen molar-refractivity contribution in [2.75, 3.05) is 0 Å². The summed E-state index contributed by atoms with van der Waals surface area (Å²) in [5, 5.41) is 7.02. The minimum atomic E-state index is 0.890. The van der Waals surface area contributed by atoms with E-state index in [0.29, 0.717) is 0 Å². The van der Waals surface area contributed by atoms with E-state index in [1.807, 2.05) is 48.5 Å². The number of hydrogen-bond donors (Lipinski definition) is 0. The molecule has 0 aliphatic heterocycles. The molecule has 3 heteroatoms. The maximum absolute atomic E-state index is 6.33. The molecule has 8 aromatic carbocycles. The molecule has 0 aliphatic rings. The number of furan rings is 2. The molecular formula is C50H35NO2. The van der Waals surface area contributed by atoms with Gasteiger partial charge in [-0.15, -0.1) is 13.2 Å². The molecule has 3 nitrogen and oxygen atoms in total. The zero-order valence-corrected chi connectivity index (χ0v) is 29.1. The first-order valence-corrected chi connectivity index (χ1v) is 17.8. The van der Waals surface area contributed by atoms with Crippen LogP contribution in [0.1, 0.15) is 0 Å². The molecule has 0 atom stereocenters. The van der Waals surface area contributed by atoms with Crippen molar-refractivity contribution >= 4 is 65.7 Å². The highest BCUT2D eigenvalue weighted by atomic mass is 16.3. The molecule has 0 fully saturated rings. The van der Waals surface area contributed by atoms with Crippen LogP contribution in [0, 0.1) is 0 Å². The van der Waals surface area contributed by atoms with Crippen LogP contribution in [-0.4, -0.2) is 4.57 Å². The molecule has 0 amide bonds. The summed E-state index contributed by atoms with van der Waals surface area (Å²) in [5.74, 6) is 0. The molecule has 0 saturated carbocycles. The zero-order chi connectivity index (χ0) is 35.7. The Hall–Kier alpha value is -7.10. The molecule has 0 N–H and O–H groups in total. The van der Waals surface area contributed by atoms with Gasteiger partial charge in [0.05, 0.1) is 11.0 Å². The molecule has 0 aliphatic carbocycles. The van der Waals surface area contributed by atoms with Crippen molar-refractivity contribution < 1.29 is 8.83 Å². The maximum Gasteiger partial charge on any atom is 0.135 e. The monoisotopic (exact) mass is 681 g/mol. The number of aromatic nitrogens is 1. The number of rotatable bonds is 3. The number of para-hydroxylation sites is 3. The van der Waals surface area contributed by atoms with E-state index >= 15 is 0 Å². The molecule has 0 unspecified atom stereocenters. The zero-order valence-electron chi connectivity index (χ0n) is 29.1. The van der Waals surface area contributed by atoms with Crippen LogP contribution < -0.4 is 0 Å². The fraction of sp³-hybridized carbons (Fsp3) is 0. The van der Waals surface area contributed by atoms with Crippen molar-refractivity contribution in [2.24, 2.45) is 0 Å². The lowest BCUT2D eigenvalue weighted by Crippen LogP contribution is -1.93. The minimum Gasteiger partial charge on any atom is -0.456 e. The third-order valence-electron chi connectivity index (χ3n) is 9.86. The highest BCUT2D eigenvalue weighted by Gasteiger charge is 2.15. The van der Waals surface area contributed by atoms with E-state index in [4.69, 9.17) is 8.83 Å². The van der Waals surface area contributed by atoms with E-state index in [9.17, 15) is 0 Å². The normalized spacial score (nSPS) is 11.2. The second-order valence-electron chi connectivity index (χ2n) is 12.9. The lowest BCUT2D eigenvalue weighted by atomic mass is 9.97. The van der Waals surface area contributed by atoms with Gasteiger partial charge in [0.2, 0.25) is 0 Å². The summed E-state index contributed by atoms with van der Waals surface area (Å²) < 4.78 is 14.8. The van der Waals surface area contributed by atoms with Crippen molar-refractivity contribution in [2.45, 2.75) is 0 Å². The average Bonchev–Trinajstić information content (AvgIpc) is 3.91. The topological polar surface area (TPSA) is 31.2 Å². The summed E-state index contributed by atoms with van der Waals surface area (Å²) >= 11 is 0. The summed E-state index contributed by atoms with van der Waals surface area (Å²) in [6.45, 7) is 6.00. The molecule has 0 saturated heterocycles. The highest BCUT2D eigenvalue weighted by Crippen LogP contribution is 2.38. The lowest BCUT2D eigenvalue weighted by molar-refractivity contribution is 0.668. The number of benzene rings is 8. The maximum atomic E-state index is 6.33. The lowest BCUT2D eigenvalue weighted by Gasteiger charge is -2.08. The van der Waals surface area contributed by atoms with Crippen LogP contribution in [0.25, 0.3) is 93.6 Å². The summed E-state index contributed by atoms with van der Waals surface area (Å²) in [6, 6.07) is 65.8. The van der Waals surface area contributed by atoms with Crippen LogP contribution in [0.2, 0.25) is 0 Å². The molecule has 252 valence electrons. The smallest absolute Gasteiger partial charge is 0.135 e. The third kappa shape index (κ3) is 5.65. The van der Waals surface area contributed by atoms with Crippen molar-refractivity contribution in [3.05, 3.63) is 201 Å². The van der Waals surface area contributed by atoms with E-state index in [1.165, 1.54) is 38.5 Å². The minimum absolute atomic E-state index is 0.890. The van der Waals surface area contributed by atoms with Crippen LogP contribution in [0.3, 0.4) is 0 Å². The van der Waals surface area contributed by atoms with Gasteiger partial charge in [0, 0.05) is 38.0 Å². The Labute approximate surface area is 307 Å². The molecular weight excluding hydrogens is 647 g/mol. The summed E-state index contributed by atoms with van der Waals surface area (Å²) in [7, 11) is 0.